The summed E-state index contributed by atoms with van der Waals surface area (Å²) in [5.74, 6) is -1.46. The molecule has 0 amide bonds. The standard InChI is InChI=1S/C27H53O5P/c1-3-5-7-9-11-13-15-17-19-21-25(30)33(27(32)24(29)23-28)26(31)22-20-18-16-14-12-10-8-6-4-2/h24,27-29,32H,3-23H2,1-2H3. The highest BCUT2D eigenvalue weighted by molar-refractivity contribution is 7.89. The molecule has 0 aromatic carbocycles. The van der Waals surface area contributed by atoms with Crippen molar-refractivity contribution >= 4 is 19.0 Å². The second kappa shape index (κ2) is 23.4. The normalized spacial score (nSPS) is 13.4. The van der Waals surface area contributed by atoms with E-state index < -0.39 is 26.5 Å². The maximum absolute atomic E-state index is 12.8. The molecule has 33 heavy (non-hydrogen) atoms. The first-order valence-electron chi connectivity index (χ1n) is 13.8. The fourth-order valence-electron chi connectivity index (χ4n) is 4.12. The number of unbranched alkanes of at least 4 members (excludes halogenated alkanes) is 16. The minimum atomic E-state index is -1.99. The smallest absolute Gasteiger partial charge is 0.164 e. The van der Waals surface area contributed by atoms with E-state index in [9.17, 15) is 24.9 Å². The zero-order valence-corrected chi connectivity index (χ0v) is 22.5. The third kappa shape index (κ3) is 17.7. The van der Waals surface area contributed by atoms with Gasteiger partial charge in [0.2, 0.25) is 0 Å². The second-order valence-corrected chi connectivity index (χ2v) is 11.7. The van der Waals surface area contributed by atoms with Crippen LogP contribution in [0.25, 0.3) is 0 Å². The van der Waals surface area contributed by atoms with E-state index in [4.69, 9.17) is 0 Å². The monoisotopic (exact) mass is 488 g/mol. The highest BCUT2D eigenvalue weighted by atomic mass is 31.1. The SMILES string of the molecule is CCCCCCCCCCCC(=O)P(C(=O)CCCCCCCCCCC)C(O)C(O)CO. The van der Waals surface area contributed by atoms with Crippen LogP contribution < -0.4 is 0 Å². The third-order valence-corrected chi connectivity index (χ3v) is 8.72. The number of aliphatic hydroxyl groups is 3. The Kier molecular flexibility index (Phi) is 23.1. The number of hydrogen-bond acceptors (Lipinski definition) is 5. The Bertz CT molecular complexity index is 437. The molecule has 196 valence electrons. The summed E-state index contributed by atoms with van der Waals surface area (Å²) in [4.78, 5) is 25.5. The van der Waals surface area contributed by atoms with Gasteiger partial charge in [-0.1, -0.05) is 117 Å². The molecule has 5 nitrogen and oxygen atoms in total. The lowest BCUT2D eigenvalue weighted by molar-refractivity contribution is -0.115. The van der Waals surface area contributed by atoms with Gasteiger partial charge in [0.1, 0.15) is 11.9 Å². The fourth-order valence-corrected chi connectivity index (χ4v) is 6.22. The van der Waals surface area contributed by atoms with E-state index in [-0.39, 0.29) is 23.9 Å². The van der Waals surface area contributed by atoms with Gasteiger partial charge >= 0.3 is 0 Å². The Balaban J connectivity index is 4.27. The molecule has 0 heterocycles. The molecule has 2 unspecified atom stereocenters. The van der Waals surface area contributed by atoms with Crippen LogP contribution in [0.4, 0.5) is 0 Å². The molecule has 0 saturated carbocycles. The maximum atomic E-state index is 12.8. The van der Waals surface area contributed by atoms with Gasteiger partial charge in [-0.3, -0.25) is 9.59 Å². The molecular weight excluding hydrogens is 435 g/mol. The molecule has 2 atom stereocenters. The van der Waals surface area contributed by atoms with E-state index in [1.807, 2.05) is 0 Å². The highest BCUT2D eigenvalue weighted by Gasteiger charge is 2.36. The van der Waals surface area contributed by atoms with Gasteiger partial charge in [-0.05, 0) is 12.8 Å². The largest absolute Gasteiger partial charge is 0.394 e. The van der Waals surface area contributed by atoms with E-state index in [0.29, 0.717) is 0 Å². The predicted octanol–water partition coefficient (Wildman–Crippen LogP) is 7.03. The van der Waals surface area contributed by atoms with Crippen molar-refractivity contribution in [2.45, 2.75) is 154 Å². The summed E-state index contributed by atoms with van der Waals surface area (Å²) in [6.07, 6.45) is 19.7. The van der Waals surface area contributed by atoms with Gasteiger partial charge in [-0.25, -0.2) is 0 Å². The molecule has 0 rings (SSSR count). The quantitative estimate of drug-likeness (QED) is 0.0946. The predicted molar refractivity (Wildman–Crippen MR) is 140 cm³/mol. The van der Waals surface area contributed by atoms with E-state index in [1.165, 1.54) is 77.0 Å². The average Bonchev–Trinajstić information content (AvgIpc) is 2.81. The number of hydrogen-bond donors (Lipinski definition) is 3. The fraction of sp³-hybridized carbons (Fsp3) is 0.926. The third-order valence-electron chi connectivity index (χ3n) is 6.32. The van der Waals surface area contributed by atoms with Gasteiger partial charge in [0.15, 0.2) is 11.0 Å². The molecule has 0 aliphatic carbocycles. The molecule has 0 aliphatic rings. The Morgan fingerprint density at radius 1 is 0.576 bits per heavy atom. The number of carbonyl (C=O) groups excluding carboxylic acids is 2. The summed E-state index contributed by atoms with van der Waals surface area (Å²) in [5, 5.41) is 29.4. The van der Waals surface area contributed by atoms with Crippen molar-refractivity contribution in [1.29, 1.82) is 0 Å². The number of aliphatic hydroxyl groups excluding tert-OH is 3. The summed E-state index contributed by atoms with van der Waals surface area (Å²) < 4.78 is 0. The second-order valence-electron chi connectivity index (χ2n) is 9.48. The molecule has 0 aliphatic heterocycles. The highest BCUT2D eigenvalue weighted by Crippen LogP contribution is 2.46. The average molecular weight is 489 g/mol. The minimum Gasteiger partial charge on any atom is -0.394 e. The topological polar surface area (TPSA) is 94.8 Å². The lowest BCUT2D eigenvalue weighted by atomic mass is 10.1. The lowest BCUT2D eigenvalue weighted by Gasteiger charge is -2.24. The van der Waals surface area contributed by atoms with Crippen LogP contribution in [0.15, 0.2) is 0 Å². The van der Waals surface area contributed by atoms with Crippen molar-refractivity contribution in [2.24, 2.45) is 0 Å². The molecular formula is C27H53O5P. The van der Waals surface area contributed by atoms with E-state index in [1.54, 1.807) is 0 Å². The van der Waals surface area contributed by atoms with Crippen molar-refractivity contribution in [2.75, 3.05) is 6.61 Å². The number of carbonyl (C=O) groups is 2. The Labute approximate surface area is 204 Å². The first-order valence-corrected chi connectivity index (χ1v) is 15.2. The molecule has 0 bridgehead atoms. The molecule has 0 radical (unpaired) electrons. The summed E-state index contributed by atoms with van der Waals surface area (Å²) in [7, 11) is -1.99. The first kappa shape index (κ1) is 32.7. The van der Waals surface area contributed by atoms with E-state index in [0.717, 1.165) is 38.5 Å². The van der Waals surface area contributed by atoms with E-state index in [2.05, 4.69) is 13.8 Å². The van der Waals surface area contributed by atoms with Gasteiger partial charge in [0, 0.05) is 12.8 Å². The van der Waals surface area contributed by atoms with Gasteiger partial charge in [0.05, 0.1) is 14.5 Å². The van der Waals surface area contributed by atoms with Crippen molar-refractivity contribution in [3.8, 4) is 0 Å². The van der Waals surface area contributed by atoms with Gasteiger partial charge in [-0.2, -0.15) is 0 Å². The molecule has 0 aromatic heterocycles. The molecule has 0 aromatic rings. The van der Waals surface area contributed by atoms with Crippen LogP contribution in [0.3, 0.4) is 0 Å². The van der Waals surface area contributed by atoms with Crippen LogP contribution in [0.2, 0.25) is 0 Å². The molecule has 0 saturated heterocycles. The van der Waals surface area contributed by atoms with Crippen molar-refractivity contribution < 1.29 is 24.9 Å². The van der Waals surface area contributed by atoms with Crippen LogP contribution in [0, 0.1) is 0 Å². The Hall–Kier alpha value is -0.350. The summed E-state index contributed by atoms with van der Waals surface area (Å²) in [5.41, 5.74) is -0.456. The summed E-state index contributed by atoms with van der Waals surface area (Å²) >= 11 is 0. The van der Waals surface area contributed by atoms with Crippen molar-refractivity contribution in [1.82, 2.24) is 0 Å². The summed E-state index contributed by atoms with van der Waals surface area (Å²) in [6.45, 7) is 3.78. The maximum Gasteiger partial charge on any atom is 0.164 e. The van der Waals surface area contributed by atoms with Gasteiger partial charge in [0.25, 0.3) is 0 Å². The number of rotatable bonds is 25. The Morgan fingerprint density at radius 2 is 0.879 bits per heavy atom. The van der Waals surface area contributed by atoms with Crippen LogP contribution >= 0.6 is 7.92 Å². The lowest BCUT2D eigenvalue weighted by Crippen LogP contribution is -2.31. The van der Waals surface area contributed by atoms with Crippen LogP contribution in [-0.2, 0) is 9.59 Å². The van der Waals surface area contributed by atoms with Crippen LogP contribution in [0.5, 0.6) is 0 Å². The zero-order valence-electron chi connectivity index (χ0n) is 21.6. The van der Waals surface area contributed by atoms with Gasteiger partial charge < -0.3 is 15.3 Å². The van der Waals surface area contributed by atoms with Gasteiger partial charge in [-0.15, -0.1) is 0 Å². The molecule has 0 spiro atoms. The molecule has 3 N–H and O–H groups in total. The Morgan fingerprint density at radius 3 is 1.18 bits per heavy atom. The van der Waals surface area contributed by atoms with Crippen LogP contribution in [-0.4, -0.2) is 44.9 Å². The molecule has 0 fully saturated rings. The summed E-state index contributed by atoms with van der Waals surface area (Å²) in [6, 6.07) is 0. The van der Waals surface area contributed by atoms with Crippen molar-refractivity contribution in [3.63, 3.8) is 0 Å². The zero-order chi connectivity index (χ0) is 24.7. The van der Waals surface area contributed by atoms with E-state index >= 15 is 0 Å². The van der Waals surface area contributed by atoms with Crippen molar-refractivity contribution in [3.05, 3.63) is 0 Å². The molecule has 6 heteroatoms. The minimum absolute atomic E-state index is 0.228. The first-order chi connectivity index (χ1) is 16.0. The van der Waals surface area contributed by atoms with Crippen LogP contribution in [0.1, 0.15) is 142 Å².